The van der Waals surface area contributed by atoms with Crippen molar-refractivity contribution in [2.75, 3.05) is 41.0 Å². The molecule has 8 nitrogen and oxygen atoms in total. The molecule has 0 aliphatic carbocycles. The van der Waals surface area contributed by atoms with Gasteiger partial charge in [0.2, 0.25) is 0 Å². The van der Waals surface area contributed by atoms with Crippen LogP contribution in [0.5, 0.6) is 0 Å². The third kappa shape index (κ3) is 32.9. The number of unbranched alkanes of at least 4 members (excludes halogenated alkanes) is 11. The van der Waals surface area contributed by atoms with Gasteiger partial charge in [-0.3, -0.25) is 9.59 Å². The summed E-state index contributed by atoms with van der Waals surface area (Å²) in [4.78, 5) is 36.6. The summed E-state index contributed by atoms with van der Waals surface area (Å²) < 4.78 is 17.0. The maximum Gasteiger partial charge on any atom is 0.306 e. The van der Waals surface area contributed by atoms with Crippen molar-refractivity contribution in [2.24, 2.45) is 0 Å². The molecule has 0 aromatic carbocycles. The summed E-state index contributed by atoms with van der Waals surface area (Å²) >= 11 is 0. The number of ether oxygens (including phenoxy) is 3. The van der Waals surface area contributed by atoms with E-state index >= 15 is 0 Å². The summed E-state index contributed by atoms with van der Waals surface area (Å²) in [6, 6.07) is -0.733. The lowest BCUT2D eigenvalue weighted by molar-refractivity contribution is -0.889. The average Bonchev–Trinajstić information content (AvgIpc) is 3.09. The van der Waals surface area contributed by atoms with Crippen molar-refractivity contribution in [2.45, 2.75) is 161 Å². The number of hydrogen-bond donors (Lipinski definition) is 0. The minimum absolute atomic E-state index is 0.0214. The number of allylic oxidation sites excluding steroid dienone is 10. The summed E-state index contributed by atoms with van der Waals surface area (Å²) in [6.45, 7) is 4.52. The first-order chi connectivity index (χ1) is 25.1. The molecule has 0 amide bonds. The molecular weight excluding hydrogens is 654 g/mol. The Hall–Kier alpha value is -2.97. The number of carbonyl (C=O) groups excluding carboxylic acids is 3. The first kappa shape index (κ1) is 49.0. The Morgan fingerprint density at radius 1 is 0.577 bits per heavy atom. The van der Waals surface area contributed by atoms with E-state index in [-0.39, 0.29) is 49.1 Å². The van der Waals surface area contributed by atoms with Gasteiger partial charge in [0, 0.05) is 19.3 Å². The Bertz CT molecular complexity index is 1040. The molecule has 0 saturated carbocycles. The highest BCUT2D eigenvalue weighted by Gasteiger charge is 2.25. The van der Waals surface area contributed by atoms with Crippen LogP contribution in [0.15, 0.2) is 60.8 Å². The van der Waals surface area contributed by atoms with E-state index in [4.69, 9.17) is 14.2 Å². The summed E-state index contributed by atoms with van der Waals surface area (Å²) in [6.07, 6.45) is 41.2. The zero-order chi connectivity index (χ0) is 38.5. The zero-order valence-corrected chi connectivity index (χ0v) is 33.7. The standard InChI is InChI=1S/C44H75NO7/c1-6-8-10-12-14-15-16-17-18-19-20-21-22-23-24-25-26-27-29-31-33-35-43(47)52-40(38-50-37-36-41(44(48)49)45(3,4)5)39-51-42(46)34-32-30-28-13-11-9-7-2/h14-15,17-18,20-21,23-24,26-27,40-41H,6-13,16,19,22,25,28-39H2,1-5H3/b15-14+,18-17+,21-20+,24-23+,27-26+. The van der Waals surface area contributed by atoms with E-state index in [1.165, 1.54) is 51.4 Å². The van der Waals surface area contributed by atoms with E-state index in [9.17, 15) is 19.5 Å². The second-order valence-electron chi connectivity index (χ2n) is 14.5. The van der Waals surface area contributed by atoms with Gasteiger partial charge in [-0.1, -0.05) is 126 Å². The number of hydrogen-bond acceptors (Lipinski definition) is 7. The number of carboxylic acids is 1. The van der Waals surface area contributed by atoms with E-state index in [1.54, 1.807) is 21.1 Å². The molecule has 0 aromatic heterocycles. The Kier molecular flexibility index (Phi) is 33.1. The molecule has 0 aliphatic rings. The lowest BCUT2D eigenvalue weighted by atomic mass is 10.1. The minimum atomic E-state index is -1.14. The maximum atomic E-state index is 12.6. The smallest absolute Gasteiger partial charge is 0.306 e. The van der Waals surface area contributed by atoms with Gasteiger partial charge in [-0.15, -0.1) is 0 Å². The molecule has 0 fully saturated rings. The lowest BCUT2D eigenvalue weighted by Gasteiger charge is -2.34. The molecule has 52 heavy (non-hydrogen) atoms. The molecule has 0 aromatic rings. The summed E-state index contributed by atoms with van der Waals surface area (Å²) in [5, 5.41) is 11.6. The Morgan fingerprint density at radius 2 is 1.02 bits per heavy atom. The van der Waals surface area contributed by atoms with Crippen molar-refractivity contribution in [1.82, 2.24) is 0 Å². The monoisotopic (exact) mass is 730 g/mol. The first-order valence-corrected chi connectivity index (χ1v) is 20.3. The van der Waals surface area contributed by atoms with Crippen molar-refractivity contribution in [3.05, 3.63) is 60.8 Å². The molecule has 8 heteroatoms. The van der Waals surface area contributed by atoms with Crippen LogP contribution in [0.2, 0.25) is 0 Å². The van der Waals surface area contributed by atoms with Gasteiger partial charge < -0.3 is 28.6 Å². The van der Waals surface area contributed by atoms with Crippen molar-refractivity contribution in [3.8, 4) is 0 Å². The molecule has 0 N–H and O–H groups in total. The van der Waals surface area contributed by atoms with Gasteiger partial charge in [-0.2, -0.15) is 0 Å². The molecule has 0 heterocycles. The molecule has 0 bridgehead atoms. The Morgan fingerprint density at radius 3 is 1.54 bits per heavy atom. The second-order valence-corrected chi connectivity index (χ2v) is 14.5. The van der Waals surface area contributed by atoms with Crippen molar-refractivity contribution < 1.29 is 38.2 Å². The highest BCUT2D eigenvalue weighted by Crippen LogP contribution is 2.11. The van der Waals surface area contributed by atoms with Gasteiger partial charge in [-0.05, 0) is 64.2 Å². The summed E-state index contributed by atoms with van der Waals surface area (Å²) in [7, 11) is 5.37. The lowest BCUT2D eigenvalue weighted by Crippen LogP contribution is -2.55. The summed E-state index contributed by atoms with van der Waals surface area (Å²) in [5.41, 5.74) is 0. The van der Waals surface area contributed by atoms with E-state index < -0.39 is 18.1 Å². The van der Waals surface area contributed by atoms with Crippen molar-refractivity contribution >= 4 is 17.9 Å². The van der Waals surface area contributed by atoms with Crippen LogP contribution in [-0.2, 0) is 28.6 Å². The maximum absolute atomic E-state index is 12.6. The van der Waals surface area contributed by atoms with Crippen LogP contribution < -0.4 is 5.11 Å². The number of aliphatic carboxylic acids is 1. The van der Waals surface area contributed by atoms with Gasteiger partial charge in [0.25, 0.3) is 0 Å². The molecular formula is C44H75NO7. The molecule has 298 valence electrons. The highest BCUT2D eigenvalue weighted by molar-refractivity contribution is 5.70. The number of quaternary nitrogens is 1. The van der Waals surface area contributed by atoms with Crippen LogP contribution in [0.1, 0.15) is 149 Å². The van der Waals surface area contributed by atoms with Crippen molar-refractivity contribution in [1.29, 1.82) is 0 Å². The van der Waals surface area contributed by atoms with Gasteiger partial charge in [0.05, 0.1) is 40.3 Å². The number of carbonyl (C=O) groups is 3. The summed E-state index contributed by atoms with van der Waals surface area (Å²) in [5.74, 6) is -1.81. The first-order valence-electron chi connectivity index (χ1n) is 20.3. The number of carboxylic acid groups (broad SMARTS) is 1. The number of likely N-dealkylation sites (N-methyl/N-ethyl adjacent to an activating group) is 1. The molecule has 2 atom stereocenters. The van der Waals surface area contributed by atoms with E-state index in [1.807, 2.05) is 0 Å². The fourth-order valence-corrected chi connectivity index (χ4v) is 5.44. The molecule has 0 spiro atoms. The quantitative estimate of drug-likeness (QED) is 0.0277. The molecule has 0 rings (SSSR count). The highest BCUT2D eigenvalue weighted by atomic mass is 16.6. The Balaban J connectivity index is 4.40. The van der Waals surface area contributed by atoms with Crippen LogP contribution in [0, 0.1) is 0 Å². The van der Waals surface area contributed by atoms with Crippen LogP contribution in [0.4, 0.5) is 0 Å². The fourth-order valence-electron chi connectivity index (χ4n) is 5.44. The zero-order valence-electron chi connectivity index (χ0n) is 33.7. The molecule has 2 unspecified atom stereocenters. The topological polar surface area (TPSA) is 102 Å². The molecule has 0 aliphatic heterocycles. The number of esters is 2. The van der Waals surface area contributed by atoms with Gasteiger partial charge >= 0.3 is 11.9 Å². The third-order valence-corrected chi connectivity index (χ3v) is 8.66. The molecule has 0 saturated heterocycles. The minimum Gasteiger partial charge on any atom is -0.544 e. The largest absolute Gasteiger partial charge is 0.544 e. The number of nitrogens with zero attached hydrogens (tertiary/aromatic N) is 1. The predicted octanol–water partition coefficient (Wildman–Crippen LogP) is 9.30. The molecule has 0 radical (unpaired) electrons. The van der Waals surface area contributed by atoms with Crippen molar-refractivity contribution in [3.63, 3.8) is 0 Å². The average molecular weight is 730 g/mol. The SMILES string of the molecule is CCCCC/C=C/C/C=C/C/C=C/C/C=C/C/C=C/CCCCC(=O)OC(COCCC(C(=O)[O-])[N+](C)(C)C)COC(=O)CCCCCCCCC. The second kappa shape index (κ2) is 35.1. The van der Waals surface area contributed by atoms with Gasteiger partial charge in [0.15, 0.2) is 6.10 Å². The van der Waals surface area contributed by atoms with E-state index in [0.29, 0.717) is 12.8 Å². The van der Waals surface area contributed by atoms with Crippen LogP contribution in [0.25, 0.3) is 0 Å². The third-order valence-electron chi connectivity index (χ3n) is 8.66. The Labute approximate surface area is 318 Å². The van der Waals surface area contributed by atoms with Crippen LogP contribution in [-0.4, -0.2) is 75.5 Å². The number of rotatable bonds is 35. The van der Waals surface area contributed by atoms with Gasteiger partial charge in [0.1, 0.15) is 12.6 Å². The van der Waals surface area contributed by atoms with Gasteiger partial charge in [-0.25, -0.2) is 0 Å². The van der Waals surface area contributed by atoms with E-state index in [2.05, 4.69) is 74.6 Å². The van der Waals surface area contributed by atoms with Crippen LogP contribution >= 0.6 is 0 Å². The fraction of sp³-hybridized carbons (Fsp3) is 0.705. The van der Waals surface area contributed by atoms with E-state index in [0.717, 1.165) is 57.8 Å². The van der Waals surface area contributed by atoms with Crippen LogP contribution in [0.3, 0.4) is 0 Å². The predicted molar refractivity (Wildman–Crippen MR) is 212 cm³/mol. The normalized spacial score (nSPS) is 13.6.